The number of hydrogen-bond acceptors (Lipinski definition) is 4. The molecule has 2 N–H and O–H groups in total. The van der Waals surface area contributed by atoms with E-state index in [0.29, 0.717) is 18.7 Å². The summed E-state index contributed by atoms with van der Waals surface area (Å²) in [6.07, 6.45) is 0.433. The third-order valence-electron chi connectivity index (χ3n) is 1.90. The van der Waals surface area contributed by atoms with Gasteiger partial charge in [-0.3, -0.25) is 20.0 Å². The fourth-order valence-corrected chi connectivity index (χ4v) is 1.22. The SMILES string of the molecule is CCNC(=O)c1n[nH]c(CC)c1[N+](=O)[O-]. The molecule has 0 saturated carbocycles. The Morgan fingerprint density at radius 3 is 2.73 bits per heavy atom. The number of H-pyrrole nitrogens is 1. The maximum Gasteiger partial charge on any atom is 0.322 e. The fraction of sp³-hybridized carbons (Fsp3) is 0.500. The third-order valence-corrected chi connectivity index (χ3v) is 1.90. The normalized spacial score (nSPS) is 10.0. The van der Waals surface area contributed by atoms with E-state index in [4.69, 9.17) is 0 Å². The lowest BCUT2D eigenvalue weighted by Crippen LogP contribution is -2.23. The number of amides is 1. The van der Waals surface area contributed by atoms with Crippen molar-refractivity contribution in [3.8, 4) is 0 Å². The highest BCUT2D eigenvalue weighted by molar-refractivity contribution is 5.96. The molecule has 1 amide bonds. The van der Waals surface area contributed by atoms with Crippen molar-refractivity contribution in [1.29, 1.82) is 0 Å². The highest BCUT2D eigenvalue weighted by Gasteiger charge is 2.27. The number of hydrogen-bond donors (Lipinski definition) is 2. The number of rotatable bonds is 4. The number of nitrogens with zero attached hydrogens (tertiary/aromatic N) is 2. The van der Waals surface area contributed by atoms with E-state index in [1.54, 1.807) is 13.8 Å². The molecule has 0 unspecified atom stereocenters. The summed E-state index contributed by atoms with van der Waals surface area (Å²) in [5.74, 6) is -0.528. The van der Waals surface area contributed by atoms with Crippen molar-refractivity contribution in [2.45, 2.75) is 20.3 Å². The van der Waals surface area contributed by atoms with Crippen LogP contribution in [0.15, 0.2) is 0 Å². The van der Waals surface area contributed by atoms with Gasteiger partial charge in [-0.25, -0.2) is 0 Å². The van der Waals surface area contributed by atoms with Crippen molar-refractivity contribution < 1.29 is 9.72 Å². The second-order valence-electron chi connectivity index (χ2n) is 2.87. The van der Waals surface area contributed by atoms with Gasteiger partial charge >= 0.3 is 5.69 Å². The molecule has 0 saturated heterocycles. The summed E-state index contributed by atoms with van der Waals surface area (Å²) in [5, 5.41) is 19.3. The Kier molecular flexibility index (Phi) is 3.37. The highest BCUT2D eigenvalue weighted by Crippen LogP contribution is 2.21. The molecule has 1 aromatic heterocycles. The number of aromatic amines is 1. The zero-order valence-corrected chi connectivity index (χ0v) is 8.53. The molecule has 0 radical (unpaired) electrons. The van der Waals surface area contributed by atoms with Crippen molar-refractivity contribution in [3.63, 3.8) is 0 Å². The van der Waals surface area contributed by atoms with E-state index in [9.17, 15) is 14.9 Å². The van der Waals surface area contributed by atoms with E-state index >= 15 is 0 Å². The van der Waals surface area contributed by atoms with Crippen molar-refractivity contribution in [2.75, 3.05) is 6.54 Å². The lowest BCUT2D eigenvalue weighted by molar-refractivity contribution is -0.385. The molecule has 0 aliphatic heterocycles. The minimum atomic E-state index is -0.590. The summed E-state index contributed by atoms with van der Waals surface area (Å²) < 4.78 is 0. The zero-order valence-electron chi connectivity index (χ0n) is 8.53. The summed E-state index contributed by atoms with van der Waals surface area (Å²) in [4.78, 5) is 21.5. The van der Waals surface area contributed by atoms with E-state index in [1.165, 1.54) is 0 Å². The first-order valence-electron chi connectivity index (χ1n) is 4.61. The number of aromatic nitrogens is 2. The van der Waals surface area contributed by atoms with Crippen molar-refractivity contribution in [2.24, 2.45) is 0 Å². The number of carbonyl (C=O) groups excluding carboxylic acids is 1. The number of nitrogens with one attached hydrogen (secondary N) is 2. The molecule has 7 nitrogen and oxygen atoms in total. The second kappa shape index (κ2) is 4.54. The molecule has 0 aliphatic carbocycles. The Hall–Kier alpha value is -1.92. The number of carbonyl (C=O) groups is 1. The van der Waals surface area contributed by atoms with Crippen LogP contribution >= 0.6 is 0 Å². The van der Waals surface area contributed by atoms with E-state index in [1.807, 2.05) is 0 Å². The lowest BCUT2D eigenvalue weighted by Gasteiger charge is -1.97. The van der Waals surface area contributed by atoms with Gasteiger partial charge in [0.15, 0.2) is 0 Å². The molecule has 0 spiro atoms. The van der Waals surface area contributed by atoms with Gasteiger partial charge in [-0.05, 0) is 13.3 Å². The van der Waals surface area contributed by atoms with Gasteiger partial charge in [0.2, 0.25) is 5.69 Å². The maximum atomic E-state index is 11.4. The van der Waals surface area contributed by atoms with Crippen LogP contribution in [0, 0.1) is 10.1 Å². The summed E-state index contributed by atoms with van der Waals surface area (Å²) >= 11 is 0. The van der Waals surface area contributed by atoms with Gasteiger partial charge in [-0.15, -0.1) is 0 Å². The van der Waals surface area contributed by atoms with E-state index in [0.717, 1.165) is 0 Å². The monoisotopic (exact) mass is 212 g/mol. The molecule has 1 aromatic rings. The zero-order chi connectivity index (χ0) is 11.4. The van der Waals surface area contributed by atoms with Gasteiger partial charge in [0.1, 0.15) is 5.69 Å². The molecule has 1 rings (SSSR count). The van der Waals surface area contributed by atoms with Crippen LogP contribution in [0.4, 0.5) is 5.69 Å². The van der Waals surface area contributed by atoms with Crippen molar-refractivity contribution in [1.82, 2.24) is 15.5 Å². The average molecular weight is 212 g/mol. The van der Waals surface area contributed by atoms with E-state index in [-0.39, 0.29) is 11.4 Å². The topological polar surface area (TPSA) is 101 Å². The third kappa shape index (κ3) is 2.12. The molecule has 0 aromatic carbocycles. The van der Waals surface area contributed by atoms with Gasteiger partial charge < -0.3 is 5.32 Å². The Balaban J connectivity index is 3.13. The van der Waals surface area contributed by atoms with Crippen LogP contribution in [-0.2, 0) is 6.42 Å². The number of aryl methyl sites for hydroxylation is 1. The largest absolute Gasteiger partial charge is 0.351 e. The van der Waals surface area contributed by atoms with Crippen LogP contribution in [0.1, 0.15) is 30.0 Å². The van der Waals surface area contributed by atoms with Gasteiger partial charge in [-0.2, -0.15) is 5.10 Å². The quantitative estimate of drug-likeness (QED) is 0.564. The van der Waals surface area contributed by atoms with Gasteiger partial charge in [0.05, 0.1) is 4.92 Å². The first-order chi connectivity index (χ1) is 7.11. The summed E-state index contributed by atoms with van der Waals surface area (Å²) in [6, 6.07) is 0. The van der Waals surface area contributed by atoms with Crippen LogP contribution in [0.2, 0.25) is 0 Å². The molecule has 1 heterocycles. The maximum absolute atomic E-state index is 11.4. The minimum absolute atomic E-state index is 0.154. The molecule has 0 aliphatic rings. The Morgan fingerprint density at radius 1 is 1.60 bits per heavy atom. The van der Waals surface area contributed by atoms with E-state index in [2.05, 4.69) is 15.5 Å². The summed E-state index contributed by atoms with van der Waals surface area (Å²) in [6.45, 7) is 3.89. The highest BCUT2D eigenvalue weighted by atomic mass is 16.6. The van der Waals surface area contributed by atoms with Gasteiger partial charge in [-0.1, -0.05) is 6.92 Å². The number of nitro groups is 1. The first kappa shape index (κ1) is 11.2. The predicted octanol–water partition coefficient (Wildman–Crippen LogP) is 0.630. The molecule has 0 atom stereocenters. The molecule has 15 heavy (non-hydrogen) atoms. The predicted molar refractivity (Wildman–Crippen MR) is 52.6 cm³/mol. The molecule has 0 fully saturated rings. The Labute approximate surface area is 86.0 Å². The van der Waals surface area contributed by atoms with Crippen LogP contribution in [-0.4, -0.2) is 27.6 Å². The fourth-order valence-electron chi connectivity index (χ4n) is 1.22. The minimum Gasteiger partial charge on any atom is -0.351 e. The Morgan fingerprint density at radius 2 is 2.27 bits per heavy atom. The van der Waals surface area contributed by atoms with Gasteiger partial charge in [0, 0.05) is 6.54 Å². The molecule has 7 heteroatoms. The molecular formula is C8H12N4O3. The second-order valence-corrected chi connectivity index (χ2v) is 2.87. The Bertz CT molecular complexity index is 385. The average Bonchev–Trinajstić information content (AvgIpc) is 2.61. The van der Waals surface area contributed by atoms with Crippen molar-refractivity contribution in [3.05, 3.63) is 21.5 Å². The van der Waals surface area contributed by atoms with Gasteiger partial charge in [0.25, 0.3) is 5.91 Å². The van der Waals surface area contributed by atoms with E-state index < -0.39 is 10.8 Å². The molecular weight excluding hydrogens is 200 g/mol. The van der Waals surface area contributed by atoms with Crippen LogP contribution < -0.4 is 5.32 Å². The molecule has 82 valence electrons. The smallest absolute Gasteiger partial charge is 0.322 e. The summed E-state index contributed by atoms with van der Waals surface area (Å²) in [7, 11) is 0. The van der Waals surface area contributed by atoms with Crippen LogP contribution in [0.3, 0.4) is 0 Å². The van der Waals surface area contributed by atoms with Crippen molar-refractivity contribution >= 4 is 11.6 Å². The molecule has 0 bridgehead atoms. The standard InChI is InChI=1S/C8H12N4O3/c1-3-5-7(12(14)15)6(11-10-5)8(13)9-4-2/h3-4H2,1-2H3,(H,9,13)(H,10,11). The van der Waals surface area contributed by atoms with Crippen LogP contribution in [0.5, 0.6) is 0 Å². The summed E-state index contributed by atoms with van der Waals surface area (Å²) in [5.41, 5.74) is -0.0246. The lowest BCUT2D eigenvalue weighted by atomic mass is 10.2. The first-order valence-corrected chi connectivity index (χ1v) is 4.61. The van der Waals surface area contributed by atoms with Crippen LogP contribution in [0.25, 0.3) is 0 Å².